The molecule has 1 aliphatic rings. The van der Waals surface area contributed by atoms with Crippen LogP contribution in [0.15, 0.2) is 18.6 Å². The Balaban J connectivity index is 1.99. The average Bonchev–Trinajstić information content (AvgIpc) is 2.40. The van der Waals surface area contributed by atoms with Crippen molar-refractivity contribution in [3.63, 3.8) is 0 Å². The van der Waals surface area contributed by atoms with Crippen molar-refractivity contribution in [3.05, 3.63) is 18.6 Å². The van der Waals surface area contributed by atoms with E-state index in [1.807, 2.05) is 6.07 Å². The first-order valence-corrected chi connectivity index (χ1v) is 6.48. The lowest BCUT2D eigenvalue weighted by Gasteiger charge is -2.43. The summed E-state index contributed by atoms with van der Waals surface area (Å²) in [5, 5.41) is 0. The molecule has 1 aliphatic heterocycles. The van der Waals surface area contributed by atoms with Crippen LogP contribution < -0.4 is 10.6 Å². The van der Waals surface area contributed by atoms with E-state index in [4.69, 9.17) is 18.0 Å². The van der Waals surface area contributed by atoms with E-state index in [2.05, 4.69) is 33.6 Å². The molecule has 0 radical (unpaired) electrons. The highest BCUT2D eigenvalue weighted by Gasteiger charge is 2.32. The van der Waals surface area contributed by atoms with Gasteiger partial charge in [-0.25, -0.2) is 9.97 Å². The van der Waals surface area contributed by atoms with Crippen LogP contribution in [0.25, 0.3) is 0 Å². The molecule has 0 atom stereocenters. The number of hydrogen-bond donors (Lipinski definition) is 1. The standard InChI is InChI=1S/C12H19N5S/c1-12(2,11(13)18)17-7-5-16(6-8-17)10-3-4-14-9-15-10/h3-4,9H,5-8H2,1-2H3,(H2,13,18). The smallest absolute Gasteiger partial charge is 0.131 e. The minimum absolute atomic E-state index is 0.215. The van der Waals surface area contributed by atoms with Crippen molar-refractivity contribution >= 4 is 23.0 Å². The lowest BCUT2D eigenvalue weighted by atomic mass is 10.0. The van der Waals surface area contributed by atoms with Gasteiger partial charge >= 0.3 is 0 Å². The minimum atomic E-state index is -0.215. The zero-order chi connectivity index (χ0) is 13.2. The number of nitrogens with two attached hydrogens (primary N) is 1. The lowest BCUT2D eigenvalue weighted by molar-refractivity contribution is 0.168. The Morgan fingerprint density at radius 1 is 1.33 bits per heavy atom. The van der Waals surface area contributed by atoms with E-state index in [9.17, 15) is 0 Å². The van der Waals surface area contributed by atoms with Crippen molar-refractivity contribution in [1.82, 2.24) is 14.9 Å². The van der Waals surface area contributed by atoms with E-state index in [0.717, 1.165) is 32.0 Å². The van der Waals surface area contributed by atoms with Crippen LogP contribution in [-0.2, 0) is 0 Å². The van der Waals surface area contributed by atoms with Crippen molar-refractivity contribution in [2.45, 2.75) is 19.4 Å². The van der Waals surface area contributed by atoms with Gasteiger partial charge in [-0.05, 0) is 19.9 Å². The molecule has 98 valence electrons. The van der Waals surface area contributed by atoms with Gasteiger partial charge < -0.3 is 10.6 Å². The fourth-order valence-electron chi connectivity index (χ4n) is 2.12. The van der Waals surface area contributed by atoms with Crippen molar-refractivity contribution in [2.75, 3.05) is 31.1 Å². The first-order valence-electron chi connectivity index (χ1n) is 6.08. The van der Waals surface area contributed by atoms with Gasteiger partial charge in [0.15, 0.2) is 0 Å². The van der Waals surface area contributed by atoms with Gasteiger partial charge in [0, 0.05) is 32.4 Å². The second-order valence-electron chi connectivity index (χ2n) is 4.96. The molecule has 1 aromatic heterocycles. The van der Waals surface area contributed by atoms with Gasteiger partial charge in [-0.15, -0.1) is 0 Å². The highest BCUT2D eigenvalue weighted by molar-refractivity contribution is 7.80. The van der Waals surface area contributed by atoms with Crippen LogP contribution in [0.5, 0.6) is 0 Å². The molecule has 2 rings (SSSR count). The summed E-state index contributed by atoms with van der Waals surface area (Å²) in [6, 6.07) is 1.94. The summed E-state index contributed by atoms with van der Waals surface area (Å²) >= 11 is 5.14. The van der Waals surface area contributed by atoms with Gasteiger partial charge in [-0.2, -0.15) is 0 Å². The third kappa shape index (κ3) is 2.59. The number of aromatic nitrogens is 2. The molecular weight excluding hydrogens is 246 g/mol. The van der Waals surface area contributed by atoms with Crippen LogP contribution in [0.4, 0.5) is 5.82 Å². The Labute approximate surface area is 113 Å². The Hall–Kier alpha value is -1.27. The summed E-state index contributed by atoms with van der Waals surface area (Å²) in [5.41, 5.74) is 5.59. The van der Waals surface area contributed by atoms with Gasteiger partial charge in [0.2, 0.25) is 0 Å². The Kier molecular flexibility index (Phi) is 3.77. The summed E-state index contributed by atoms with van der Waals surface area (Å²) in [7, 11) is 0. The Morgan fingerprint density at radius 2 is 2.00 bits per heavy atom. The number of anilines is 1. The number of rotatable bonds is 3. The third-order valence-corrected chi connectivity index (χ3v) is 4.06. The van der Waals surface area contributed by atoms with Crippen LogP contribution in [0, 0.1) is 0 Å². The molecule has 0 aromatic carbocycles. The van der Waals surface area contributed by atoms with Crippen LogP contribution in [0.2, 0.25) is 0 Å². The first kappa shape index (κ1) is 13.2. The van der Waals surface area contributed by atoms with E-state index < -0.39 is 0 Å². The second-order valence-corrected chi connectivity index (χ2v) is 5.40. The molecule has 1 aromatic rings. The fraction of sp³-hybridized carbons (Fsp3) is 0.583. The zero-order valence-electron chi connectivity index (χ0n) is 10.8. The van der Waals surface area contributed by atoms with E-state index in [1.165, 1.54) is 0 Å². The van der Waals surface area contributed by atoms with Gasteiger partial charge in [0.05, 0.1) is 10.5 Å². The Morgan fingerprint density at radius 3 is 2.50 bits per heavy atom. The quantitative estimate of drug-likeness (QED) is 0.810. The Bertz CT molecular complexity index is 412. The molecule has 1 saturated heterocycles. The lowest BCUT2D eigenvalue weighted by Crippen LogP contribution is -2.59. The van der Waals surface area contributed by atoms with Crippen molar-refractivity contribution < 1.29 is 0 Å². The molecule has 0 spiro atoms. The second kappa shape index (κ2) is 5.16. The molecule has 18 heavy (non-hydrogen) atoms. The fourth-order valence-corrected chi connectivity index (χ4v) is 2.25. The summed E-state index contributed by atoms with van der Waals surface area (Å²) in [4.78, 5) is 13.3. The number of hydrogen-bond acceptors (Lipinski definition) is 5. The number of nitrogens with zero attached hydrogens (tertiary/aromatic N) is 4. The van der Waals surface area contributed by atoms with E-state index in [0.29, 0.717) is 4.99 Å². The van der Waals surface area contributed by atoms with Crippen LogP contribution in [0.1, 0.15) is 13.8 Å². The van der Waals surface area contributed by atoms with Crippen molar-refractivity contribution in [2.24, 2.45) is 5.73 Å². The molecule has 0 unspecified atom stereocenters. The highest BCUT2D eigenvalue weighted by atomic mass is 32.1. The predicted molar refractivity (Wildman–Crippen MR) is 76.7 cm³/mol. The molecule has 0 amide bonds. The SMILES string of the molecule is CC(C)(C(N)=S)N1CCN(c2ccncn2)CC1. The molecule has 5 nitrogen and oxygen atoms in total. The first-order chi connectivity index (χ1) is 8.51. The maximum Gasteiger partial charge on any atom is 0.131 e. The summed E-state index contributed by atoms with van der Waals surface area (Å²) in [6.07, 6.45) is 3.36. The van der Waals surface area contributed by atoms with Gasteiger partial charge in [-0.3, -0.25) is 4.90 Å². The van der Waals surface area contributed by atoms with Crippen molar-refractivity contribution in [3.8, 4) is 0 Å². The molecular formula is C12H19N5S. The van der Waals surface area contributed by atoms with E-state index in [-0.39, 0.29) is 5.54 Å². The van der Waals surface area contributed by atoms with Gasteiger partial charge in [0.25, 0.3) is 0 Å². The minimum Gasteiger partial charge on any atom is -0.392 e. The maximum absolute atomic E-state index is 5.80. The highest BCUT2D eigenvalue weighted by Crippen LogP contribution is 2.19. The van der Waals surface area contributed by atoms with E-state index >= 15 is 0 Å². The van der Waals surface area contributed by atoms with Gasteiger partial charge in [-0.1, -0.05) is 12.2 Å². The average molecular weight is 265 g/mol. The van der Waals surface area contributed by atoms with Gasteiger partial charge in [0.1, 0.15) is 12.1 Å². The third-order valence-electron chi connectivity index (χ3n) is 3.56. The molecule has 6 heteroatoms. The predicted octanol–water partition coefficient (Wildman–Crippen LogP) is 0.663. The molecule has 0 aliphatic carbocycles. The molecule has 0 bridgehead atoms. The summed E-state index contributed by atoms with van der Waals surface area (Å²) < 4.78 is 0. The van der Waals surface area contributed by atoms with Crippen LogP contribution in [0.3, 0.4) is 0 Å². The number of thiocarbonyl (C=S) groups is 1. The van der Waals surface area contributed by atoms with E-state index in [1.54, 1.807) is 12.5 Å². The summed E-state index contributed by atoms with van der Waals surface area (Å²) in [6.45, 7) is 7.90. The molecule has 1 fully saturated rings. The maximum atomic E-state index is 5.80. The molecule has 0 saturated carbocycles. The zero-order valence-corrected chi connectivity index (χ0v) is 11.7. The topological polar surface area (TPSA) is 58.3 Å². The number of piperazine rings is 1. The van der Waals surface area contributed by atoms with Crippen LogP contribution >= 0.6 is 12.2 Å². The summed E-state index contributed by atoms with van der Waals surface area (Å²) in [5.74, 6) is 0.984. The largest absolute Gasteiger partial charge is 0.392 e. The normalized spacial score (nSPS) is 17.8. The monoisotopic (exact) mass is 265 g/mol. The van der Waals surface area contributed by atoms with Crippen LogP contribution in [-0.4, -0.2) is 51.6 Å². The molecule has 2 heterocycles. The molecule has 2 N–H and O–H groups in total. The van der Waals surface area contributed by atoms with Crippen molar-refractivity contribution in [1.29, 1.82) is 0 Å².